The number of allylic oxidation sites excluding steroid dienone is 1. The molecule has 1 aromatic heterocycles. The summed E-state index contributed by atoms with van der Waals surface area (Å²) in [5.41, 5.74) is -0.889. The van der Waals surface area contributed by atoms with Gasteiger partial charge in [-0.2, -0.15) is 0 Å². The molecule has 1 aliphatic heterocycles. The topological polar surface area (TPSA) is 105 Å². The van der Waals surface area contributed by atoms with Gasteiger partial charge in [-0.3, -0.25) is 14.3 Å². The van der Waals surface area contributed by atoms with Crippen LogP contribution in [0.1, 0.15) is 31.6 Å². The summed E-state index contributed by atoms with van der Waals surface area (Å²) < 4.78 is 6.89. The first kappa shape index (κ1) is 19.9. The second-order valence-electron chi connectivity index (χ2n) is 7.06. The third-order valence-electron chi connectivity index (χ3n) is 4.16. The molecule has 1 fully saturated rings. The SMILES string of the molecule is C=P(C)(C)CC[C@H]1O[C@@H](n2cc(/C=C/CC)c(=O)[nH]c2=O)C(O)[C@@H]1O. The fraction of sp³-hybridized carbons (Fsp3) is 0.588. The lowest BCUT2D eigenvalue weighted by molar-refractivity contribution is -0.0402. The van der Waals surface area contributed by atoms with Crippen LogP contribution < -0.4 is 11.2 Å². The van der Waals surface area contributed by atoms with Crippen LogP contribution in [0, 0.1) is 0 Å². The van der Waals surface area contributed by atoms with Gasteiger partial charge in [-0.15, -0.1) is 13.2 Å². The zero-order valence-corrected chi connectivity index (χ0v) is 15.8. The van der Waals surface area contributed by atoms with Gasteiger partial charge in [-0.05, 0) is 32.3 Å². The Bertz CT molecular complexity index is 791. The van der Waals surface area contributed by atoms with Gasteiger partial charge in [0.2, 0.25) is 0 Å². The van der Waals surface area contributed by atoms with Gasteiger partial charge in [0.25, 0.3) is 5.56 Å². The van der Waals surface area contributed by atoms with E-state index in [1.807, 2.05) is 6.92 Å². The Kier molecular flexibility index (Phi) is 6.27. The Morgan fingerprint density at radius 1 is 1.36 bits per heavy atom. The van der Waals surface area contributed by atoms with Gasteiger partial charge in [-0.25, -0.2) is 4.79 Å². The summed E-state index contributed by atoms with van der Waals surface area (Å²) >= 11 is 0. The predicted octanol–water partition coefficient (Wildman–Crippen LogP) is 0.678. The average Bonchev–Trinajstić information content (AvgIpc) is 2.80. The fourth-order valence-corrected chi connectivity index (χ4v) is 3.68. The summed E-state index contributed by atoms with van der Waals surface area (Å²) in [7, 11) is 0. The molecule has 25 heavy (non-hydrogen) atoms. The number of H-pyrrole nitrogens is 1. The second kappa shape index (κ2) is 7.87. The van der Waals surface area contributed by atoms with E-state index in [-0.39, 0.29) is 0 Å². The van der Waals surface area contributed by atoms with Gasteiger partial charge in [-0.1, -0.05) is 19.1 Å². The summed E-state index contributed by atoms with van der Waals surface area (Å²) in [6.07, 6.45) is 7.04. The van der Waals surface area contributed by atoms with E-state index in [2.05, 4.69) is 24.6 Å². The van der Waals surface area contributed by atoms with Crippen molar-refractivity contribution < 1.29 is 14.9 Å². The molecular formula is C17H27N2O5P. The van der Waals surface area contributed by atoms with Gasteiger partial charge in [0, 0.05) is 6.20 Å². The number of aliphatic hydroxyl groups is 2. The average molecular weight is 370 g/mol. The van der Waals surface area contributed by atoms with Crippen LogP contribution in [0.4, 0.5) is 0 Å². The van der Waals surface area contributed by atoms with Crippen LogP contribution >= 0.6 is 6.89 Å². The number of rotatable bonds is 6. The lowest BCUT2D eigenvalue weighted by atomic mass is 10.1. The van der Waals surface area contributed by atoms with E-state index in [1.54, 1.807) is 12.2 Å². The molecule has 140 valence electrons. The summed E-state index contributed by atoms with van der Waals surface area (Å²) in [6, 6.07) is 0. The summed E-state index contributed by atoms with van der Waals surface area (Å²) in [5, 5.41) is 20.6. The Balaban J connectivity index is 2.29. The van der Waals surface area contributed by atoms with Crippen LogP contribution in [0.25, 0.3) is 6.08 Å². The van der Waals surface area contributed by atoms with Crippen molar-refractivity contribution in [1.82, 2.24) is 9.55 Å². The molecule has 3 N–H and O–H groups in total. The van der Waals surface area contributed by atoms with E-state index in [9.17, 15) is 19.8 Å². The monoisotopic (exact) mass is 370 g/mol. The highest BCUT2D eigenvalue weighted by molar-refractivity contribution is 7.72. The highest BCUT2D eigenvalue weighted by Crippen LogP contribution is 2.39. The minimum absolute atomic E-state index is 0.292. The minimum Gasteiger partial charge on any atom is -0.388 e. The maximum Gasteiger partial charge on any atom is 0.330 e. The zero-order valence-electron chi connectivity index (χ0n) is 14.9. The normalized spacial score (nSPS) is 27.2. The number of nitrogens with zero attached hydrogens (tertiary/aromatic N) is 1. The molecule has 0 aromatic carbocycles. The van der Waals surface area contributed by atoms with Gasteiger partial charge < -0.3 is 14.9 Å². The molecule has 1 saturated heterocycles. The molecule has 1 unspecified atom stereocenters. The molecule has 8 heteroatoms. The molecule has 4 atom stereocenters. The molecule has 7 nitrogen and oxygen atoms in total. The molecule has 1 aromatic rings. The van der Waals surface area contributed by atoms with Crippen LogP contribution in [0.2, 0.25) is 0 Å². The van der Waals surface area contributed by atoms with Crippen LogP contribution in [0.15, 0.2) is 21.9 Å². The third kappa shape index (κ3) is 4.82. The maximum atomic E-state index is 12.1. The number of aromatic amines is 1. The van der Waals surface area contributed by atoms with Crippen molar-refractivity contribution in [2.75, 3.05) is 19.5 Å². The largest absolute Gasteiger partial charge is 0.388 e. The van der Waals surface area contributed by atoms with Crippen molar-refractivity contribution in [1.29, 1.82) is 0 Å². The summed E-state index contributed by atoms with van der Waals surface area (Å²) in [6.45, 7) is 4.81. The van der Waals surface area contributed by atoms with E-state index in [0.717, 1.165) is 17.1 Å². The Morgan fingerprint density at radius 2 is 2.04 bits per heavy atom. The number of aliphatic hydroxyl groups excluding tert-OH is 2. The van der Waals surface area contributed by atoms with E-state index in [1.165, 1.54) is 6.20 Å². The maximum absolute atomic E-state index is 12.1. The van der Waals surface area contributed by atoms with Crippen LogP contribution in [0.3, 0.4) is 0 Å². The minimum atomic E-state index is -1.29. The Morgan fingerprint density at radius 3 is 2.64 bits per heavy atom. The highest BCUT2D eigenvalue weighted by atomic mass is 31.2. The molecule has 0 radical (unpaired) electrons. The molecule has 0 spiro atoms. The highest BCUT2D eigenvalue weighted by Gasteiger charge is 2.43. The first-order valence-electron chi connectivity index (χ1n) is 8.35. The van der Waals surface area contributed by atoms with Crippen molar-refractivity contribution in [2.24, 2.45) is 0 Å². The van der Waals surface area contributed by atoms with Gasteiger partial charge >= 0.3 is 5.69 Å². The molecule has 0 bridgehead atoms. The lowest BCUT2D eigenvalue weighted by Gasteiger charge is -2.19. The third-order valence-corrected chi connectivity index (χ3v) is 5.63. The fourth-order valence-electron chi connectivity index (χ4n) is 2.73. The molecular weight excluding hydrogens is 343 g/mol. The quantitative estimate of drug-likeness (QED) is 0.639. The van der Waals surface area contributed by atoms with E-state index < -0.39 is 42.7 Å². The molecule has 2 heterocycles. The standard InChI is InChI=1S/C17H27N2O5P/c1-5-6-7-11-10-19(17(23)18-15(11)22)16-14(21)13(20)12(24-16)8-9-25(2,3)4/h6-7,10,12-14,16,20-21H,2,5,8-9H2,1,3-4H3,(H,18,22,23)/b7-6+/t12-,13-,14?,16-/m1/s1. The smallest absolute Gasteiger partial charge is 0.330 e. The first-order valence-corrected chi connectivity index (χ1v) is 11.4. The van der Waals surface area contributed by atoms with Crippen molar-refractivity contribution >= 4 is 19.3 Å². The van der Waals surface area contributed by atoms with Gasteiger partial charge in [0.05, 0.1) is 11.7 Å². The van der Waals surface area contributed by atoms with Crippen molar-refractivity contribution in [3.63, 3.8) is 0 Å². The Labute approximate surface area is 146 Å². The van der Waals surface area contributed by atoms with E-state index >= 15 is 0 Å². The molecule has 2 rings (SSSR count). The van der Waals surface area contributed by atoms with Crippen molar-refractivity contribution in [2.45, 2.75) is 44.3 Å². The number of hydrogen-bond donors (Lipinski definition) is 3. The second-order valence-corrected chi connectivity index (χ2v) is 11.4. The first-order chi connectivity index (χ1) is 11.6. The van der Waals surface area contributed by atoms with Crippen LogP contribution in [0.5, 0.6) is 0 Å². The number of hydrogen-bond acceptors (Lipinski definition) is 5. The van der Waals surface area contributed by atoms with Crippen molar-refractivity contribution in [3.8, 4) is 0 Å². The molecule has 0 aliphatic carbocycles. The summed E-state index contributed by atoms with van der Waals surface area (Å²) in [5.74, 6) is 0. The van der Waals surface area contributed by atoms with Gasteiger partial charge in [0.15, 0.2) is 6.23 Å². The van der Waals surface area contributed by atoms with Crippen LogP contribution in [-0.4, -0.2) is 63.9 Å². The summed E-state index contributed by atoms with van der Waals surface area (Å²) in [4.78, 5) is 26.2. The zero-order chi connectivity index (χ0) is 18.8. The van der Waals surface area contributed by atoms with Gasteiger partial charge in [0.1, 0.15) is 12.2 Å². The Hall–Kier alpha value is -1.40. The van der Waals surface area contributed by atoms with Crippen molar-refractivity contribution in [3.05, 3.63) is 38.7 Å². The number of aromatic nitrogens is 2. The number of ether oxygens (including phenoxy) is 1. The molecule has 0 saturated carbocycles. The molecule has 1 aliphatic rings. The van der Waals surface area contributed by atoms with E-state index in [0.29, 0.717) is 12.0 Å². The lowest BCUT2D eigenvalue weighted by Crippen LogP contribution is -2.38. The number of nitrogens with one attached hydrogen (secondary N) is 1. The predicted molar refractivity (Wildman–Crippen MR) is 102 cm³/mol. The molecule has 0 amide bonds. The van der Waals surface area contributed by atoms with E-state index in [4.69, 9.17) is 4.74 Å². The van der Waals surface area contributed by atoms with Crippen LogP contribution in [-0.2, 0) is 4.74 Å².